The molecule has 0 aromatic carbocycles. The van der Waals surface area contributed by atoms with Crippen LogP contribution in [0.5, 0.6) is 5.88 Å². The third-order valence-electron chi connectivity index (χ3n) is 1.88. The molecule has 4 nitrogen and oxygen atoms in total. The Labute approximate surface area is 90.6 Å². The molecule has 1 N–H and O–H groups in total. The summed E-state index contributed by atoms with van der Waals surface area (Å²) in [7, 11) is 3.58. The Morgan fingerprint density at radius 1 is 1.33 bits per heavy atom. The van der Waals surface area contributed by atoms with E-state index in [-0.39, 0.29) is 0 Å². The van der Waals surface area contributed by atoms with Crippen molar-refractivity contribution >= 4 is 0 Å². The van der Waals surface area contributed by atoms with Crippen LogP contribution in [0.25, 0.3) is 0 Å². The van der Waals surface area contributed by atoms with Crippen molar-refractivity contribution in [2.24, 2.45) is 0 Å². The van der Waals surface area contributed by atoms with Crippen LogP contribution in [0.15, 0.2) is 18.2 Å². The average Bonchev–Trinajstić information content (AvgIpc) is 2.26. The molecule has 1 rings (SSSR count). The molecule has 0 aliphatic rings. The summed E-state index contributed by atoms with van der Waals surface area (Å²) in [6.07, 6.45) is 0.883. The number of nitrogens with one attached hydrogen (secondary N) is 1. The minimum absolute atomic E-state index is 0.643. The summed E-state index contributed by atoms with van der Waals surface area (Å²) in [5, 5.41) is 3.05. The smallest absolute Gasteiger partial charge is 0.213 e. The molecule has 0 unspecified atom stereocenters. The number of hydrogen-bond acceptors (Lipinski definition) is 4. The zero-order valence-electron chi connectivity index (χ0n) is 9.32. The zero-order valence-corrected chi connectivity index (χ0v) is 9.32. The lowest BCUT2D eigenvalue weighted by molar-refractivity contribution is 0.170. The van der Waals surface area contributed by atoms with Crippen LogP contribution in [-0.4, -0.2) is 32.4 Å². The van der Waals surface area contributed by atoms with E-state index >= 15 is 0 Å². The third kappa shape index (κ3) is 4.76. The fourth-order valence-electron chi connectivity index (χ4n) is 1.20. The molecule has 84 valence electrons. The van der Waals surface area contributed by atoms with E-state index in [2.05, 4.69) is 10.3 Å². The van der Waals surface area contributed by atoms with Gasteiger partial charge in [0.25, 0.3) is 0 Å². The molecule has 0 bridgehead atoms. The third-order valence-corrected chi connectivity index (χ3v) is 1.88. The summed E-state index contributed by atoms with van der Waals surface area (Å²) in [4.78, 5) is 4.33. The molecule has 0 aliphatic heterocycles. The lowest BCUT2D eigenvalue weighted by Crippen LogP contribution is -2.08. The number of aromatic nitrogens is 1. The first-order valence-corrected chi connectivity index (χ1v) is 5.09. The molecular weight excluding hydrogens is 192 g/mol. The van der Waals surface area contributed by atoms with Crippen LogP contribution in [0, 0.1) is 0 Å². The summed E-state index contributed by atoms with van der Waals surface area (Å²) < 4.78 is 10.4. The van der Waals surface area contributed by atoms with E-state index in [1.165, 1.54) is 0 Å². The molecule has 0 radical (unpaired) electrons. The zero-order chi connectivity index (χ0) is 10.9. The fourth-order valence-corrected chi connectivity index (χ4v) is 1.20. The highest BCUT2D eigenvalue weighted by molar-refractivity contribution is 5.15. The first-order chi connectivity index (χ1) is 7.36. The van der Waals surface area contributed by atoms with Crippen molar-refractivity contribution in [3.05, 3.63) is 23.9 Å². The Hall–Kier alpha value is -1.13. The molecule has 1 aromatic heterocycles. The van der Waals surface area contributed by atoms with Crippen LogP contribution >= 0.6 is 0 Å². The minimum Gasteiger partial charge on any atom is -0.478 e. The van der Waals surface area contributed by atoms with Crippen molar-refractivity contribution < 1.29 is 9.47 Å². The second-order valence-corrected chi connectivity index (χ2v) is 3.19. The van der Waals surface area contributed by atoms with Gasteiger partial charge in [-0.05, 0) is 13.1 Å². The van der Waals surface area contributed by atoms with E-state index in [4.69, 9.17) is 9.47 Å². The van der Waals surface area contributed by atoms with Gasteiger partial charge in [-0.3, -0.25) is 0 Å². The molecule has 0 aliphatic carbocycles. The van der Waals surface area contributed by atoms with Crippen LogP contribution in [0.4, 0.5) is 0 Å². The molecular formula is C11H18N2O2. The average molecular weight is 210 g/mol. The van der Waals surface area contributed by atoms with Gasteiger partial charge in [-0.1, -0.05) is 6.07 Å². The molecule has 15 heavy (non-hydrogen) atoms. The maximum absolute atomic E-state index is 5.48. The normalized spacial score (nSPS) is 10.3. The number of pyridine rings is 1. The van der Waals surface area contributed by atoms with Gasteiger partial charge in [-0.25, -0.2) is 4.98 Å². The van der Waals surface area contributed by atoms with Gasteiger partial charge in [0.1, 0.15) is 0 Å². The highest BCUT2D eigenvalue weighted by Crippen LogP contribution is 2.07. The predicted octanol–water partition coefficient (Wildman–Crippen LogP) is 1.22. The Kier molecular flexibility index (Phi) is 5.73. The van der Waals surface area contributed by atoms with Crippen molar-refractivity contribution in [2.45, 2.75) is 13.0 Å². The Morgan fingerprint density at radius 3 is 2.93 bits per heavy atom. The second kappa shape index (κ2) is 7.20. The molecule has 0 saturated carbocycles. The molecule has 0 spiro atoms. The fraction of sp³-hybridized carbons (Fsp3) is 0.545. The van der Waals surface area contributed by atoms with Crippen molar-refractivity contribution in [2.75, 3.05) is 27.4 Å². The number of rotatable bonds is 7. The van der Waals surface area contributed by atoms with Crippen LogP contribution in [0.2, 0.25) is 0 Å². The quantitative estimate of drug-likeness (QED) is 0.687. The van der Waals surface area contributed by atoms with Gasteiger partial charge in [0.2, 0.25) is 5.88 Å². The molecule has 4 heteroatoms. The molecule has 1 aromatic rings. The van der Waals surface area contributed by atoms with Gasteiger partial charge in [0, 0.05) is 32.7 Å². The summed E-state index contributed by atoms with van der Waals surface area (Å²) in [6, 6.07) is 5.79. The Balaban J connectivity index is 2.36. The first-order valence-electron chi connectivity index (χ1n) is 5.09. The van der Waals surface area contributed by atoms with Gasteiger partial charge in [0.05, 0.1) is 12.3 Å². The van der Waals surface area contributed by atoms with Crippen molar-refractivity contribution in [3.63, 3.8) is 0 Å². The van der Waals surface area contributed by atoms with Crippen molar-refractivity contribution in [1.82, 2.24) is 10.3 Å². The standard InChI is InChI=1S/C11H18N2O2/c1-12-9-10-5-3-6-11(13-10)15-8-4-7-14-2/h3,5-6,12H,4,7-9H2,1-2H3. The lowest BCUT2D eigenvalue weighted by Gasteiger charge is -2.06. The Morgan fingerprint density at radius 2 is 2.20 bits per heavy atom. The monoisotopic (exact) mass is 210 g/mol. The number of methoxy groups -OCH3 is 1. The molecule has 0 saturated heterocycles. The van der Waals surface area contributed by atoms with Gasteiger partial charge in [-0.2, -0.15) is 0 Å². The van der Waals surface area contributed by atoms with E-state index in [0.717, 1.165) is 25.3 Å². The predicted molar refractivity (Wildman–Crippen MR) is 59.0 cm³/mol. The Bertz CT molecular complexity index is 279. The second-order valence-electron chi connectivity index (χ2n) is 3.19. The van der Waals surface area contributed by atoms with Crippen LogP contribution in [0.1, 0.15) is 12.1 Å². The van der Waals surface area contributed by atoms with Crippen molar-refractivity contribution in [3.8, 4) is 5.88 Å². The van der Waals surface area contributed by atoms with E-state index in [9.17, 15) is 0 Å². The van der Waals surface area contributed by atoms with E-state index in [1.807, 2.05) is 25.2 Å². The molecule has 0 atom stereocenters. The van der Waals surface area contributed by atoms with Crippen LogP contribution in [0.3, 0.4) is 0 Å². The summed E-state index contributed by atoms with van der Waals surface area (Å²) in [6.45, 7) is 2.12. The molecule has 0 amide bonds. The highest BCUT2D eigenvalue weighted by Gasteiger charge is 1.97. The minimum atomic E-state index is 0.643. The molecule has 1 heterocycles. The summed E-state index contributed by atoms with van der Waals surface area (Å²) in [5.41, 5.74) is 0.988. The molecule has 0 fully saturated rings. The van der Waals surface area contributed by atoms with Crippen molar-refractivity contribution in [1.29, 1.82) is 0 Å². The SMILES string of the molecule is CNCc1cccc(OCCCOC)n1. The lowest BCUT2D eigenvalue weighted by atomic mass is 10.3. The first kappa shape index (κ1) is 11.9. The number of ether oxygens (including phenoxy) is 2. The summed E-state index contributed by atoms with van der Waals surface area (Å²) >= 11 is 0. The largest absolute Gasteiger partial charge is 0.478 e. The van der Waals surface area contributed by atoms with Crippen LogP contribution < -0.4 is 10.1 Å². The highest BCUT2D eigenvalue weighted by atomic mass is 16.5. The maximum Gasteiger partial charge on any atom is 0.213 e. The van der Waals surface area contributed by atoms with Gasteiger partial charge >= 0.3 is 0 Å². The van der Waals surface area contributed by atoms with Crippen LogP contribution in [-0.2, 0) is 11.3 Å². The number of hydrogen-bond donors (Lipinski definition) is 1. The topological polar surface area (TPSA) is 43.4 Å². The maximum atomic E-state index is 5.48. The van der Waals surface area contributed by atoms with Gasteiger partial charge < -0.3 is 14.8 Å². The van der Waals surface area contributed by atoms with Gasteiger partial charge in [-0.15, -0.1) is 0 Å². The van der Waals surface area contributed by atoms with Gasteiger partial charge in [0.15, 0.2) is 0 Å². The van der Waals surface area contributed by atoms with E-state index in [1.54, 1.807) is 7.11 Å². The summed E-state index contributed by atoms with van der Waals surface area (Å²) in [5.74, 6) is 0.679. The van der Waals surface area contributed by atoms with E-state index < -0.39 is 0 Å². The van der Waals surface area contributed by atoms with E-state index in [0.29, 0.717) is 12.5 Å². The number of nitrogens with zero attached hydrogens (tertiary/aromatic N) is 1.